The van der Waals surface area contributed by atoms with Crippen molar-refractivity contribution in [2.45, 2.75) is 19.3 Å². The second kappa shape index (κ2) is 6.74. The van der Waals surface area contributed by atoms with Crippen molar-refractivity contribution in [2.24, 2.45) is 5.92 Å². The van der Waals surface area contributed by atoms with Gasteiger partial charge in [-0.2, -0.15) is 0 Å². The predicted molar refractivity (Wildman–Crippen MR) is 76.5 cm³/mol. The average Bonchev–Trinajstić information content (AvgIpc) is 2.75. The van der Waals surface area contributed by atoms with E-state index in [2.05, 4.69) is 5.32 Å². The van der Waals surface area contributed by atoms with E-state index in [1.807, 2.05) is 6.07 Å². The molecule has 1 aromatic carbocycles. The molecule has 110 valence electrons. The summed E-state index contributed by atoms with van der Waals surface area (Å²) in [5.41, 5.74) is 0. The molecule has 6 heteroatoms. The van der Waals surface area contributed by atoms with E-state index in [1.54, 1.807) is 24.3 Å². The quantitative estimate of drug-likeness (QED) is 0.844. The zero-order valence-corrected chi connectivity index (χ0v) is 12.1. The summed E-state index contributed by atoms with van der Waals surface area (Å²) in [5, 5.41) is 2.67. The van der Waals surface area contributed by atoms with Crippen LogP contribution in [0.2, 0.25) is 0 Å². The molecule has 1 aliphatic rings. The van der Waals surface area contributed by atoms with Crippen molar-refractivity contribution in [1.29, 1.82) is 0 Å². The molecule has 0 saturated carbocycles. The second-order valence-corrected chi connectivity index (χ2v) is 7.27. The number of sulfone groups is 1. The molecule has 1 unspecified atom stereocenters. The first-order valence-corrected chi connectivity index (χ1v) is 8.58. The maximum absolute atomic E-state index is 11.5. The monoisotopic (exact) mass is 297 g/mol. The van der Waals surface area contributed by atoms with Crippen LogP contribution in [0.25, 0.3) is 0 Å². The fourth-order valence-corrected chi connectivity index (χ4v) is 4.22. The van der Waals surface area contributed by atoms with E-state index in [-0.39, 0.29) is 5.92 Å². The lowest BCUT2D eigenvalue weighted by Gasteiger charge is -2.08. The van der Waals surface area contributed by atoms with Crippen LogP contribution in [0.15, 0.2) is 30.3 Å². The summed E-state index contributed by atoms with van der Waals surface area (Å²) in [6.07, 6.45) is 1.86. The van der Waals surface area contributed by atoms with Crippen LogP contribution in [0.1, 0.15) is 19.3 Å². The Hall–Kier alpha value is -1.56. The molecule has 20 heavy (non-hydrogen) atoms. The maximum Gasteiger partial charge on any atom is 0.412 e. The summed E-state index contributed by atoms with van der Waals surface area (Å²) in [4.78, 5) is 11.5. The number of nitrogens with one attached hydrogen (secondary N) is 1. The van der Waals surface area contributed by atoms with Crippen molar-refractivity contribution in [3.8, 4) is 5.75 Å². The predicted octanol–water partition coefficient (Wildman–Crippen LogP) is 1.99. The first kappa shape index (κ1) is 14.8. The summed E-state index contributed by atoms with van der Waals surface area (Å²) >= 11 is 0. The van der Waals surface area contributed by atoms with Crippen molar-refractivity contribution >= 4 is 15.9 Å². The van der Waals surface area contributed by atoms with E-state index in [4.69, 9.17) is 4.74 Å². The molecular formula is C14H19NO4S. The third kappa shape index (κ3) is 4.85. The van der Waals surface area contributed by atoms with Gasteiger partial charge in [0.15, 0.2) is 9.84 Å². The molecule has 1 aromatic rings. The van der Waals surface area contributed by atoms with Gasteiger partial charge in [0.2, 0.25) is 0 Å². The van der Waals surface area contributed by atoms with Gasteiger partial charge in [0.1, 0.15) is 5.75 Å². The summed E-state index contributed by atoms with van der Waals surface area (Å²) in [6.45, 7) is 0.502. The number of hydrogen-bond donors (Lipinski definition) is 1. The van der Waals surface area contributed by atoms with E-state index >= 15 is 0 Å². The molecule has 1 amide bonds. The van der Waals surface area contributed by atoms with Gasteiger partial charge in [-0.15, -0.1) is 0 Å². The van der Waals surface area contributed by atoms with Gasteiger partial charge >= 0.3 is 6.09 Å². The number of hydrogen-bond acceptors (Lipinski definition) is 4. The Balaban J connectivity index is 1.60. The Morgan fingerprint density at radius 2 is 2.05 bits per heavy atom. The van der Waals surface area contributed by atoms with E-state index in [0.29, 0.717) is 23.8 Å². The third-order valence-corrected chi connectivity index (χ3v) is 5.18. The topological polar surface area (TPSA) is 72.5 Å². The first-order chi connectivity index (χ1) is 9.55. The van der Waals surface area contributed by atoms with E-state index in [0.717, 1.165) is 19.3 Å². The van der Waals surface area contributed by atoms with Gasteiger partial charge in [0.05, 0.1) is 11.5 Å². The largest absolute Gasteiger partial charge is 0.412 e. The molecule has 1 aliphatic heterocycles. The van der Waals surface area contributed by atoms with Gasteiger partial charge in [-0.1, -0.05) is 18.2 Å². The minimum Gasteiger partial charge on any atom is -0.410 e. The van der Waals surface area contributed by atoms with Crippen LogP contribution in [-0.4, -0.2) is 32.6 Å². The summed E-state index contributed by atoms with van der Waals surface area (Å²) in [6, 6.07) is 8.86. The van der Waals surface area contributed by atoms with Gasteiger partial charge in [-0.05, 0) is 37.3 Å². The first-order valence-electron chi connectivity index (χ1n) is 6.76. The van der Waals surface area contributed by atoms with Crippen LogP contribution in [0.4, 0.5) is 4.79 Å². The molecule has 1 N–H and O–H groups in total. The third-order valence-electron chi connectivity index (χ3n) is 3.34. The van der Waals surface area contributed by atoms with Crippen LogP contribution in [-0.2, 0) is 9.84 Å². The zero-order valence-electron chi connectivity index (χ0n) is 11.2. The van der Waals surface area contributed by atoms with Crippen molar-refractivity contribution in [2.75, 3.05) is 18.1 Å². The highest BCUT2D eigenvalue weighted by Crippen LogP contribution is 2.22. The Bertz CT molecular complexity index is 542. The highest BCUT2D eigenvalue weighted by Gasteiger charge is 2.27. The zero-order chi connectivity index (χ0) is 14.4. The number of ether oxygens (including phenoxy) is 1. The van der Waals surface area contributed by atoms with Gasteiger partial charge in [-0.25, -0.2) is 13.2 Å². The van der Waals surface area contributed by atoms with Crippen molar-refractivity contribution < 1.29 is 17.9 Å². The SMILES string of the molecule is O=C(NCCCC1CCS(=O)(=O)C1)Oc1ccccc1. The van der Waals surface area contributed by atoms with Crippen molar-refractivity contribution in [3.63, 3.8) is 0 Å². The van der Waals surface area contributed by atoms with E-state index < -0.39 is 15.9 Å². The smallest absolute Gasteiger partial charge is 0.410 e. The van der Waals surface area contributed by atoms with Gasteiger partial charge < -0.3 is 10.1 Å². The standard InChI is InChI=1S/C14H19NO4S/c16-14(19-13-6-2-1-3-7-13)15-9-4-5-12-8-10-20(17,18)11-12/h1-3,6-7,12H,4-5,8-11H2,(H,15,16). The van der Waals surface area contributed by atoms with Crippen LogP contribution in [0.3, 0.4) is 0 Å². The van der Waals surface area contributed by atoms with Crippen LogP contribution in [0, 0.1) is 5.92 Å². The number of carbonyl (C=O) groups is 1. The van der Waals surface area contributed by atoms with E-state index in [1.165, 1.54) is 0 Å². The molecule has 0 bridgehead atoms. The molecule has 0 radical (unpaired) electrons. The van der Waals surface area contributed by atoms with Crippen molar-refractivity contribution in [1.82, 2.24) is 5.32 Å². The van der Waals surface area contributed by atoms with Gasteiger partial charge in [-0.3, -0.25) is 0 Å². The van der Waals surface area contributed by atoms with Gasteiger partial charge in [0, 0.05) is 6.54 Å². The van der Waals surface area contributed by atoms with Crippen LogP contribution in [0.5, 0.6) is 5.75 Å². The molecule has 0 aliphatic carbocycles. The summed E-state index contributed by atoms with van der Waals surface area (Å²) in [7, 11) is -2.80. The Morgan fingerprint density at radius 3 is 2.70 bits per heavy atom. The van der Waals surface area contributed by atoms with Crippen LogP contribution >= 0.6 is 0 Å². The fourth-order valence-electron chi connectivity index (χ4n) is 2.31. The van der Waals surface area contributed by atoms with Gasteiger partial charge in [0.25, 0.3) is 0 Å². The van der Waals surface area contributed by atoms with E-state index in [9.17, 15) is 13.2 Å². The molecule has 1 fully saturated rings. The lowest BCUT2D eigenvalue weighted by Crippen LogP contribution is -2.28. The highest BCUT2D eigenvalue weighted by atomic mass is 32.2. The summed E-state index contributed by atoms with van der Waals surface area (Å²) in [5.74, 6) is 1.35. The molecule has 1 saturated heterocycles. The minimum atomic E-state index is -2.80. The molecule has 0 spiro atoms. The fraction of sp³-hybridized carbons (Fsp3) is 0.500. The summed E-state index contributed by atoms with van der Waals surface area (Å²) < 4.78 is 27.7. The number of para-hydroxylation sites is 1. The lowest BCUT2D eigenvalue weighted by molar-refractivity contribution is 0.200. The lowest BCUT2D eigenvalue weighted by atomic mass is 10.0. The number of amides is 1. The Kier molecular flexibility index (Phi) is 5.00. The normalized spacial score (nSPS) is 20.5. The second-order valence-electron chi connectivity index (χ2n) is 5.04. The molecule has 5 nitrogen and oxygen atoms in total. The van der Waals surface area contributed by atoms with Crippen molar-refractivity contribution in [3.05, 3.63) is 30.3 Å². The van der Waals surface area contributed by atoms with Crippen LogP contribution < -0.4 is 10.1 Å². The molecular weight excluding hydrogens is 278 g/mol. The molecule has 1 heterocycles. The molecule has 0 aromatic heterocycles. The maximum atomic E-state index is 11.5. The molecule has 1 atom stereocenters. The number of carbonyl (C=O) groups excluding carboxylic acids is 1. The molecule has 2 rings (SSSR count). The number of benzene rings is 1. The Labute approximate surface area is 119 Å². The highest BCUT2D eigenvalue weighted by molar-refractivity contribution is 7.91. The Morgan fingerprint density at radius 1 is 1.30 bits per heavy atom. The minimum absolute atomic E-state index is 0.243. The number of rotatable bonds is 5. The average molecular weight is 297 g/mol.